The van der Waals surface area contributed by atoms with E-state index in [0.29, 0.717) is 12.4 Å². The van der Waals surface area contributed by atoms with Crippen LogP contribution in [0.4, 0.5) is 5.82 Å². The molecule has 0 saturated heterocycles. The van der Waals surface area contributed by atoms with Crippen molar-refractivity contribution in [1.82, 2.24) is 4.98 Å². The van der Waals surface area contributed by atoms with Crippen LogP contribution in [0.2, 0.25) is 0 Å². The quantitative estimate of drug-likeness (QED) is 0.894. The Morgan fingerprint density at radius 1 is 1.44 bits per heavy atom. The van der Waals surface area contributed by atoms with E-state index < -0.39 is 10.0 Å². The summed E-state index contributed by atoms with van der Waals surface area (Å²) in [5.74, 6) is 0.315. The number of rotatable bonds is 4. The molecule has 2 aromatic rings. The number of anilines is 1. The number of sulfonamides is 1. The lowest BCUT2D eigenvalue weighted by Crippen LogP contribution is -2.13. The van der Waals surface area contributed by atoms with E-state index in [0.717, 1.165) is 10.6 Å². The maximum Gasteiger partial charge on any atom is 0.263 e. The fourth-order valence-corrected chi connectivity index (χ4v) is 3.56. The van der Waals surface area contributed by atoms with Gasteiger partial charge in [-0.15, -0.1) is 11.3 Å². The lowest BCUT2D eigenvalue weighted by molar-refractivity contribution is 0.601. The average molecular weight is 283 g/mol. The van der Waals surface area contributed by atoms with Gasteiger partial charge in [-0.1, -0.05) is 6.07 Å². The van der Waals surface area contributed by atoms with Crippen molar-refractivity contribution in [3.05, 3.63) is 40.2 Å². The van der Waals surface area contributed by atoms with Crippen LogP contribution in [0.15, 0.2) is 34.5 Å². The van der Waals surface area contributed by atoms with Gasteiger partial charge in [0.25, 0.3) is 10.0 Å². The largest absolute Gasteiger partial charge is 0.326 e. The number of hydrogen-bond acceptors (Lipinski definition) is 5. The molecule has 0 unspecified atom stereocenters. The highest BCUT2D eigenvalue weighted by Gasteiger charge is 2.16. The maximum atomic E-state index is 12.1. The molecule has 0 aliphatic rings. The SMILES string of the molecule is Cc1cccc(NS(=O)(=O)c2csc(CN)c2)n1. The Morgan fingerprint density at radius 2 is 2.22 bits per heavy atom. The number of nitrogens with two attached hydrogens (primary N) is 1. The van der Waals surface area contributed by atoms with Crippen LogP contribution in [0, 0.1) is 6.92 Å². The first-order valence-corrected chi connectivity index (χ1v) is 7.61. The van der Waals surface area contributed by atoms with E-state index in [1.54, 1.807) is 36.6 Å². The highest BCUT2D eigenvalue weighted by molar-refractivity contribution is 7.92. The van der Waals surface area contributed by atoms with E-state index in [9.17, 15) is 8.42 Å². The fraction of sp³-hybridized carbons (Fsp3) is 0.182. The predicted octanol–water partition coefficient (Wildman–Crippen LogP) is 1.71. The van der Waals surface area contributed by atoms with Crippen molar-refractivity contribution >= 4 is 27.2 Å². The number of nitrogens with zero attached hydrogens (tertiary/aromatic N) is 1. The molecule has 0 saturated carbocycles. The molecule has 3 N–H and O–H groups in total. The van der Waals surface area contributed by atoms with Crippen LogP contribution < -0.4 is 10.5 Å². The number of pyridine rings is 1. The van der Waals surface area contributed by atoms with Crippen LogP contribution in [-0.4, -0.2) is 13.4 Å². The summed E-state index contributed by atoms with van der Waals surface area (Å²) in [6.07, 6.45) is 0. The molecule has 5 nitrogen and oxygen atoms in total. The summed E-state index contributed by atoms with van der Waals surface area (Å²) in [7, 11) is -3.58. The van der Waals surface area contributed by atoms with Crippen LogP contribution in [0.3, 0.4) is 0 Å². The minimum atomic E-state index is -3.58. The summed E-state index contributed by atoms with van der Waals surface area (Å²) in [6.45, 7) is 2.14. The molecule has 7 heteroatoms. The van der Waals surface area contributed by atoms with Gasteiger partial charge in [-0.3, -0.25) is 4.72 Å². The second-order valence-corrected chi connectivity index (χ2v) is 6.40. The van der Waals surface area contributed by atoms with Crippen LogP contribution in [-0.2, 0) is 16.6 Å². The molecule has 0 radical (unpaired) electrons. The van der Waals surface area contributed by atoms with Crippen molar-refractivity contribution in [3.8, 4) is 0 Å². The molecule has 2 rings (SSSR count). The van der Waals surface area contributed by atoms with Crippen LogP contribution >= 0.6 is 11.3 Å². The van der Waals surface area contributed by atoms with Crippen molar-refractivity contribution < 1.29 is 8.42 Å². The number of thiophene rings is 1. The van der Waals surface area contributed by atoms with Gasteiger partial charge in [-0.2, -0.15) is 0 Å². The average Bonchev–Trinajstić information content (AvgIpc) is 2.77. The highest BCUT2D eigenvalue weighted by atomic mass is 32.2. The lowest BCUT2D eigenvalue weighted by Gasteiger charge is -2.05. The summed E-state index contributed by atoms with van der Waals surface area (Å²) in [4.78, 5) is 5.14. The van der Waals surface area contributed by atoms with Gasteiger partial charge >= 0.3 is 0 Å². The Morgan fingerprint density at radius 3 is 2.83 bits per heavy atom. The van der Waals surface area contributed by atoms with Crippen LogP contribution in [0.5, 0.6) is 0 Å². The lowest BCUT2D eigenvalue weighted by atomic mass is 10.4. The molecule has 96 valence electrons. The van der Waals surface area contributed by atoms with Gasteiger partial charge in [-0.05, 0) is 25.1 Å². The third-order valence-corrected chi connectivity index (χ3v) is 4.71. The zero-order valence-electron chi connectivity index (χ0n) is 9.75. The Balaban J connectivity index is 2.27. The molecule has 0 aliphatic heterocycles. The zero-order chi connectivity index (χ0) is 13.2. The standard InChI is InChI=1S/C11H13N3O2S2/c1-8-3-2-4-11(13-8)14-18(15,16)10-5-9(6-12)17-7-10/h2-5,7H,6,12H2,1H3,(H,13,14). The molecule has 2 aromatic heterocycles. The van der Waals surface area contributed by atoms with Crippen molar-refractivity contribution in [2.45, 2.75) is 18.4 Å². The molecule has 18 heavy (non-hydrogen) atoms. The molecule has 0 atom stereocenters. The maximum absolute atomic E-state index is 12.1. The summed E-state index contributed by atoms with van der Waals surface area (Å²) in [5, 5.41) is 1.57. The van der Waals surface area contributed by atoms with Crippen molar-refractivity contribution in [1.29, 1.82) is 0 Å². The first-order chi connectivity index (χ1) is 8.51. The number of hydrogen-bond donors (Lipinski definition) is 2. The summed E-state index contributed by atoms with van der Waals surface area (Å²) in [5.41, 5.74) is 6.21. The van der Waals surface area contributed by atoms with Crippen molar-refractivity contribution in [3.63, 3.8) is 0 Å². The van der Waals surface area contributed by atoms with E-state index in [4.69, 9.17) is 5.73 Å². The number of aromatic nitrogens is 1. The molecule has 0 fully saturated rings. The van der Waals surface area contributed by atoms with Crippen molar-refractivity contribution in [2.75, 3.05) is 4.72 Å². The predicted molar refractivity (Wildman–Crippen MR) is 72.0 cm³/mol. The van der Waals surface area contributed by atoms with E-state index >= 15 is 0 Å². The van der Waals surface area contributed by atoms with E-state index in [1.807, 2.05) is 0 Å². The summed E-state index contributed by atoms with van der Waals surface area (Å²) >= 11 is 1.33. The van der Waals surface area contributed by atoms with Gasteiger partial charge in [0.05, 0.1) is 4.90 Å². The summed E-state index contributed by atoms with van der Waals surface area (Å²) in [6, 6.07) is 6.73. The van der Waals surface area contributed by atoms with Crippen LogP contribution in [0.1, 0.15) is 10.6 Å². The summed E-state index contributed by atoms with van der Waals surface area (Å²) < 4.78 is 26.6. The fourth-order valence-electron chi connectivity index (χ4n) is 1.40. The Labute approximate surface area is 110 Å². The molecule has 0 amide bonds. The molecule has 2 heterocycles. The molecule has 0 bridgehead atoms. The monoisotopic (exact) mass is 283 g/mol. The van der Waals surface area contributed by atoms with Gasteiger partial charge in [0.15, 0.2) is 0 Å². The Kier molecular flexibility index (Phi) is 3.65. The Hall–Kier alpha value is -1.44. The minimum Gasteiger partial charge on any atom is -0.326 e. The molecule has 0 aromatic carbocycles. The third-order valence-electron chi connectivity index (χ3n) is 2.27. The molecular weight excluding hydrogens is 270 g/mol. The second-order valence-electron chi connectivity index (χ2n) is 3.72. The van der Waals surface area contributed by atoms with E-state index in [2.05, 4.69) is 9.71 Å². The van der Waals surface area contributed by atoms with Crippen molar-refractivity contribution in [2.24, 2.45) is 5.73 Å². The highest BCUT2D eigenvalue weighted by Crippen LogP contribution is 2.21. The second kappa shape index (κ2) is 5.05. The van der Waals surface area contributed by atoms with Gasteiger partial charge in [-0.25, -0.2) is 13.4 Å². The van der Waals surface area contributed by atoms with Gasteiger partial charge in [0.1, 0.15) is 5.82 Å². The molecule has 0 aliphatic carbocycles. The number of nitrogens with one attached hydrogen (secondary N) is 1. The first kappa shape index (κ1) is 13.0. The Bertz CT molecular complexity index is 650. The topological polar surface area (TPSA) is 85.1 Å². The van der Waals surface area contributed by atoms with Gasteiger partial charge < -0.3 is 5.73 Å². The zero-order valence-corrected chi connectivity index (χ0v) is 11.4. The molecule has 0 spiro atoms. The number of aryl methyl sites for hydroxylation is 1. The third kappa shape index (κ3) is 2.87. The van der Waals surface area contributed by atoms with E-state index in [1.165, 1.54) is 11.3 Å². The van der Waals surface area contributed by atoms with Gasteiger partial charge in [0, 0.05) is 22.5 Å². The minimum absolute atomic E-state index is 0.219. The smallest absolute Gasteiger partial charge is 0.263 e. The first-order valence-electron chi connectivity index (χ1n) is 5.25. The van der Waals surface area contributed by atoms with Crippen LogP contribution in [0.25, 0.3) is 0 Å². The van der Waals surface area contributed by atoms with Gasteiger partial charge in [0.2, 0.25) is 0 Å². The van der Waals surface area contributed by atoms with E-state index in [-0.39, 0.29) is 4.90 Å². The normalized spacial score (nSPS) is 11.4. The molecular formula is C11H13N3O2S2.